The van der Waals surface area contributed by atoms with E-state index in [1.807, 2.05) is 42.2 Å². The Balaban J connectivity index is 1.34. The molecule has 0 aromatic carbocycles. The Labute approximate surface area is 168 Å². The summed E-state index contributed by atoms with van der Waals surface area (Å²) < 4.78 is 1.59. The molecule has 1 aliphatic heterocycles. The third-order valence-corrected chi connectivity index (χ3v) is 5.28. The molecule has 1 aliphatic rings. The van der Waals surface area contributed by atoms with E-state index in [0.717, 1.165) is 30.5 Å². The molecule has 2 amide bonds. The van der Waals surface area contributed by atoms with Gasteiger partial charge in [0.05, 0.1) is 11.9 Å². The number of rotatable bonds is 4. The largest absolute Gasteiger partial charge is 0.348 e. The van der Waals surface area contributed by atoms with E-state index >= 15 is 0 Å². The molecule has 0 spiro atoms. The summed E-state index contributed by atoms with van der Waals surface area (Å²) >= 11 is 0. The van der Waals surface area contributed by atoms with Crippen LogP contribution in [0.25, 0.3) is 5.52 Å². The summed E-state index contributed by atoms with van der Waals surface area (Å²) in [5.41, 5.74) is 2.88. The quantitative estimate of drug-likeness (QED) is 0.731. The summed E-state index contributed by atoms with van der Waals surface area (Å²) in [6.45, 7) is 3.27. The van der Waals surface area contributed by atoms with Crippen LogP contribution in [0, 0.1) is 6.92 Å². The first-order chi connectivity index (χ1) is 14.1. The predicted molar refractivity (Wildman–Crippen MR) is 107 cm³/mol. The number of hydrogen-bond acceptors (Lipinski definition) is 5. The normalized spacial score (nSPS) is 17.1. The topological polar surface area (TPSA) is 92.5 Å². The number of nitrogens with zero attached hydrogens (tertiary/aromatic N) is 5. The van der Waals surface area contributed by atoms with E-state index in [4.69, 9.17) is 0 Å². The Morgan fingerprint density at radius 1 is 1.17 bits per heavy atom. The highest BCUT2D eigenvalue weighted by atomic mass is 16.2. The van der Waals surface area contributed by atoms with Crippen molar-refractivity contribution in [3.63, 3.8) is 0 Å². The first-order valence-corrected chi connectivity index (χ1v) is 9.90. The number of aromatic nitrogens is 4. The lowest BCUT2D eigenvalue weighted by molar-refractivity contribution is -0.130. The predicted octanol–water partition coefficient (Wildman–Crippen LogP) is 1.79. The number of carbonyl (C=O) groups is 2. The maximum Gasteiger partial charge on any atom is 0.274 e. The molecule has 1 N–H and O–H groups in total. The van der Waals surface area contributed by atoms with Crippen molar-refractivity contribution in [2.45, 2.75) is 38.6 Å². The van der Waals surface area contributed by atoms with Gasteiger partial charge in [0.2, 0.25) is 5.91 Å². The summed E-state index contributed by atoms with van der Waals surface area (Å²) in [5, 5.41) is 11.1. The Kier molecular flexibility index (Phi) is 5.50. The van der Waals surface area contributed by atoms with Crippen LogP contribution in [-0.4, -0.2) is 55.7 Å². The molecule has 29 heavy (non-hydrogen) atoms. The first kappa shape index (κ1) is 19.0. The summed E-state index contributed by atoms with van der Waals surface area (Å²) in [5.74, 6) is -0.117. The lowest BCUT2D eigenvalue weighted by Crippen LogP contribution is -2.37. The van der Waals surface area contributed by atoms with Crippen LogP contribution < -0.4 is 5.32 Å². The molecule has 150 valence electrons. The van der Waals surface area contributed by atoms with Gasteiger partial charge >= 0.3 is 0 Å². The second-order valence-electron chi connectivity index (χ2n) is 7.44. The standard InChI is InChI=1S/C21H24N6O2/c1-15-7-8-16(14-22-15)13-19(28)26-10-4-5-17(9-12-26)23-21(29)20-18-6-2-3-11-27(18)25-24-20/h2-3,6-8,11,14,17H,4-5,9-10,12-13H2,1H3,(H,23,29). The van der Waals surface area contributed by atoms with E-state index in [-0.39, 0.29) is 17.9 Å². The number of pyridine rings is 2. The Hall–Kier alpha value is -3.29. The van der Waals surface area contributed by atoms with Crippen molar-refractivity contribution in [1.29, 1.82) is 0 Å². The Bertz CT molecular complexity index is 1010. The van der Waals surface area contributed by atoms with Crippen LogP contribution in [0.1, 0.15) is 41.0 Å². The van der Waals surface area contributed by atoms with E-state index in [2.05, 4.69) is 20.6 Å². The SMILES string of the molecule is Cc1ccc(CC(=O)N2CCCC(NC(=O)c3nnn4ccccc34)CC2)cn1. The molecule has 1 fully saturated rings. The number of nitrogens with one attached hydrogen (secondary N) is 1. The monoisotopic (exact) mass is 392 g/mol. The molecule has 4 rings (SSSR count). The highest BCUT2D eigenvalue weighted by molar-refractivity contribution is 5.98. The van der Waals surface area contributed by atoms with Crippen molar-refractivity contribution < 1.29 is 9.59 Å². The van der Waals surface area contributed by atoms with Gasteiger partial charge < -0.3 is 10.2 Å². The maximum atomic E-state index is 12.7. The van der Waals surface area contributed by atoms with Crippen LogP contribution in [-0.2, 0) is 11.2 Å². The maximum absolute atomic E-state index is 12.7. The average Bonchev–Trinajstić information content (AvgIpc) is 3.02. The number of carbonyl (C=O) groups excluding carboxylic acids is 2. The molecule has 4 heterocycles. The zero-order valence-electron chi connectivity index (χ0n) is 16.4. The molecule has 1 saturated heterocycles. The van der Waals surface area contributed by atoms with Gasteiger partial charge in [0.1, 0.15) is 0 Å². The van der Waals surface area contributed by atoms with Crippen molar-refractivity contribution in [3.8, 4) is 0 Å². The van der Waals surface area contributed by atoms with Crippen molar-refractivity contribution in [1.82, 2.24) is 30.0 Å². The van der Waals surface area contributed by atoms with Crippen LogP contribution in [0.5, 0.6) is 0 Å². The fraction of sp³-hybridized carbons (Fsp3) is 0.381. The molecule has 3 aromatic rings. The highest BCUT2D eigenvalue weighted by Crippen LogP contribution is 2.14. The second kappa shape index (κ2) is 8.38. The van der Waals surface area contributed by atoms with Crippen LogP contribution in [0.2, 0.25) is 0 Å². The zero-order valence-corrected chi connectivity index (χ0v) is 16.4. The highest BCUT2D eigenvalue weighted by Gasteiger charge is 2.24. The van der Waals surface area contributed by atoms with Gasteiger partial charge in [-0.15, -0.1) is 5.10 Å². The lowest BCUT2D eigenvalue weighted by atomic mass is 10.1. The van der Waals surface area contributed by atoms with Crippen LogP contribution in [0.3, 0.4) is 0 Å². The van der Waals surface area contributed by atoms with Crippen molar-refractivity contribution in [3.05, 3.63) is 59.7 Å². The van der Waals surface area contributed by atoms with Gasteiger partial charge in [-0.1, -0.05) is 17.3 Å². The number of amides is 2. The molecular weight excluding hydrogens is 368 g/mol. The third kappa shape index (κ3) is 4.42. The van der Waals surface area contributed by atoms with Crippen LogP contribution in [0.15, 0.2) is 42.7 Å². The minimum Gasteiger partial charge on any atom is -0.348 e. The van der Waals surface area contributed by atoms with Gasteiger partial charge in [-0.25, -0.2) is 4.52 Å². The minimum absolute atomic E-state index is 0.0156. The molecule has 0 bridgehead atoms. The fourth-order valence-corrected chi connectivity index (χ4v) is 3.64. The summed E-state index contributed by atoms with van der Waals surface area (Å²) in [4.78, 5) is 31.5. The number of likely N-dealkylation sites (tertiary alicyclic amines) is 1. The van der Waals surface area contributed by atoms with Crippen molar-refractivity contribution in [2.75, 3.05) is 13.1 Å². The summed E-state index contributed by atoms with van der Waals surface area (Å²) in [6, 6.07) is 9.40. The summed E-state index contributed by atoms with van der Waals surface area (Å²) in [7, 11) is 0. The van der Waals surface area contributed by atoms with E-state index < -0.39 is 0 Å². The van der Waals surface area contributed by atoms with E-state index in [1.54, 1.807) is 16.9 Å². The van der Waals surface area contributed by atoms with Gasteiger partial charge in [-0.3, -0.25) is 14.6 Å². The molecule has 0 radical (unpaired) electrons. The van der Waals surface area contributed by atoms with Gasteiger partial charge in [0, 0.05) is 37.2 Å². The molecule has 8 heteroatoms. The molecule has 0 aliphatic carbocycles. The molecule has 1 atom stereocenters. The van der Waals surface area contributed by atoms with E-state index in [9.17, 15) is 9.59 Å². The smallest absolute Gasteiger partial charge is 0.274 e. The molecule has 1 unspecified atom stereocenters. The van der Waals surface area contributed by atoms with E-state index in [0.29, 0.717) is 30.7 Å². The number of fused-ring (bicyclic) bond motifs is 1. The molecular formula is C21H24N6O2. The molecule has 0 saturated carbocycles. The van der Waals surface area contributed by atoms with Gasteiger partial charge in [-0.05, 0) is 49.9 Å². The lowest BCUT2D eigenvalue weighted by Gasteiger charge is -2.21. The summed E-state index contributed by atoms with van der Waals surface area (Å²) in [6.07, 6.45) is 6.29. The van der Waals surface area contributed by atoms with E-state index in [1.165, 1.54) is 0 Å². The Morgan fingerprint density at radius 3 is 2.90 bits per heavy atom. The second-order valence-corrected chi connectivity index (χ2v) is 7.44. The number of aryl methyl sites for hydroxylation is 1. The Morgan fingerprint density at radius 2 is 2.07 bits per heavy atom. The van der Waals surface area contributed by atoms with Gasteiger partial charge in [0.25, 0.3) is 5.91 Å². The third-order valence-electron chi connectivity index (χ3n) is 5.28. The average molecular weight is 392 g/mol. The van der Waals surface area contributed by atoms with Crippen LogP contribution >= 0.6 is 0 Å². The fourth-order valence-electron chi connectivity index (χ4n) is 3.64. The van der Waals surface area contributed by atoms with Crippen LogP contribution in [0.4, 0.5) is 0 Å². The minimum atomic E-state index is -0.221. The van der Waals surface area contributed by atoms with Crippen molar-refractivity contribution in [2.24, 2.45) is 0 Å². The first-order valence-electron chi connectivity index (χ1n) is 9.90. The zero-order chi connectivity index (χ0) is 20.2. The van der Waals surface area contributed by atoms with Gasteiger partial charge in [-0.2, -0.15) is 0 Å². The molecule has 8 nitrogen and oxygen atoms in total. The number of hydrogen-bond donors (Lipinski definition) is 1. The van der Waals surface area contributed by atoms with Gasteiger partial charge in [0.15, 0.2) is 5.69 Å². The van der Waals surface area contributed by atoms with Crippen molar-refractivity contribution >= 4 is 17.3 Å². The molecule has 3 aromatic heterocycles.